The monoisotopic (exact) mass is 463 g/mol. The summed E-state index contributed by atoms with van der Waals surface area (Å²) in [6.07, 6.45) is 0. The van der Waals surface area contributed by atoms with Crippen LogP contribution in [0.25, 0.3) is 10.8 Å². The van der Waals surface area contributed by atoms with E-state index in [1.54, 1.807) is 0 Å². The molecule has 0 saturated heterocycles. The van der Waals surface area contributed by atoms with Gasteiger partial charge < -0.3 is 4.90 Å². The lowest BCUT2D eigenvalue weighted by Gasteiger charge is -2.25. The first kappa shape index (κ1) is 17.7. The number of anilines is 1. The van der Waals surface area contributed by atoms with Gasteiger partial charge in [-0.2, -0.15) is 0 Å². The molecule has 4 aromatic carbocycles. The first-order valence-electron chi connectivity index (χ1n) is 8.82. The SMILES string of the molecule is O=C(c1cccc2ccccc12)N(Cc1ccccc1)c1ccccc1I. The van der Waals surface area contributed by atoms with Crippen molar-refractivity contribution in [2.45, 2.75) is 6.54 Å². The van der Waals surface area contributed by atoms with E-state index in [-0.39, 0.29) is 5.91 Å². The van der Waals surface area contributed by atoms with Gasteiger partial charge in [0.25, 0.3) is 5.91 Å². The van der Waals surface area contributed by atoms with Crippen LogP contribution in [0.5, 0.6) is 0 Å². The lowest BCUT2D eigenvalue weighted by molar-refractivity contribution is 0.0986. The van der Waals surface area contributed by atoms with Gasteiger partial charge in [-0.3, -0.25) is 4.79 Å². The maximum atomic E-state index is 13.6. The van der Waals surface area contributed by atoms with Crippen LogP contribution >= 0.6 is 22.6 Å². The molecule has 0 aliphatic heterocycles. The number of rotatable bonds is 4. The zero-order valence-electron chi connectivity index (χ0n) is 14.7. The summed E-state index contributed by atoms with van der Waals surface area (Å²) >= 11 is 2.30. The molecule has 0 aromatic heterocycles. The normalized spacial score (nSPS) is 10.7. The Bertz CT molecular complexity index is 1090. The molecule has 0 N–H and O–H groups in total. The predicted octanol–water partition coefficient (Wildman–Crippen LogP) is 6.29. The Hall–Kier alpha value is -2.66. The molecule has 132 valence electrons. The van der Waals surface area contributed by atoms with E-state index < -0.39 is 0 Å². The summed E-state index contributed by atoms with van der Waals surface area (Å²) in [5.74, 6) is 0.0137. The molecule has 27 heavy (non-hydrogen) atoms. The molecular weight excluding hydrogens is 445 g/mol. The van der Waals surface area contributed by atoms with Gasteiger partial charge in [0.05, 0.1) is 12.2 Å². The lowest BCUT2D eigenvalue weighted by atomic mass is 10.0. The third-order valence-electron chi connectivity index (χ3n) is 4.59. The highest BCUT2D eigenvalue weighted by Crippen LogP contribution is 2.28. The average Bonchev–Trinajstić information content (AvgIpc) is 2.72. The quantitative estimate of drug-likeness (QED) is 0.326. The molecule has 0 fully saturated rings. The fraction of sp³-hybridized carbons (Fsp3) is 0.0417. The number of benzene rings is 4. The highest BCUT2D eigenvalue weighted by Gasteiger charge is 2.21. The maximum absolute atomic E-state index is 13.6. The summed E-state index contributed by atoms with van der Waals surface area (Å²) in [6, 6.07) is 32.1. The van der Waals surface area contributed by atoms with Gasteiger partial charge >= 0.3 is 0 Å². The molecule has 0 bridgehead atoms. The van der Waals surface area contributed by atoms with Crippen LogP contribution in [0.15, 0.2) is 97.1 Å². The van der Waals surface area contributed by atoms with Crippen LogP contribution in [-0.2, 0) is 6.54 Å². The van der Waals surface area contributed by atoms with Crippen LogP contribution in [0.3, 0.4) is 0 Å². The molecule has 3 heteroatoms. The Labute approximate surface area is 172 Å². The Morgan fingerprint density at radius 2 is 1.41 bits per heavy atom. The average molecular weight is 463 g/mol. The Morgan fingerprint density at radius 1 is 0.741 bits per heavy atom. The molecule has 4 aromatic rings. The Kier molecular flexibility index (Phi) is 5.21. The predicted molar refractivity (Wildman–Crippen MR) is 120 cm³/mol. The van der Waals surface area contributed by atoms with Crippen LogP contribution < -0.4 is 4.90 Å². The fourth-order valence-electron chi connectivity index (χ4n) is 3.26. The standard InChI is InChI=1S/C24H18INO/c25-22-15-6-7-16-23(22)26(17-18-9-2-1-3-10-18)24(27)21-14-8-12-19-11-4-5-13-20(19)21/h1-16H,17H2. The number of hydrogen-bond donors (Lipinski definition) is 0. The molecule has 0 saturated carbocycles. The molecule has 0 radical (unpaired) electrons. The topological polar surface area (TPSA) is 20.3 Å². The molecule has 0 atom stereocenters. The highest BCUT2D eigenvalue weighted by molar-refractivity contribution is 14.1. The first-order valence-corrected chi connectivity index (χ1v) is 9.90. The van der Waals surface area contributed by atoms with E-state index in [2.05, 4.69) is 34.7 Å². The molecule has 0 heterocycles. The van der Waals surface area contributed by atoms with E-state index in [0.29, 0.717) is 6.54 Å². The minimum absolute atomic E-state index is 0.0137. The summed E-state index contributed by atoms with van der Waals surface area (Å²) < 4.78 is 1.06. The summed E-state index contributed by atoms with van der Waals surface area (Å²) in [5, 5.41) is 2.06. The number of halogens is 1. The van der Waals surface area contributed by atoms with Crippen molar-refractivity contribution in [3.63, 3.8) is 0 Å². The molecule has 2 nitrogen and oxygen atoms in total. The molecule has 0 spiro atoms. The van der Waals surface area contributed by atoms with Crippen LogP contribution in [0.4, 0.5) is 5.69 Å². The first-order chi connectivity index (χ1) is 13.2. The smallest absolute Gasteiger partial charge is 0.259 e. The number of hydrogen-bond acceptors (Lipinski definition) is 1. The van der Waals surface area contributed by atoms with E-state index in [1.807, 2.05) is 89.8 Å². The second-order valence-corrected chi connectivity index (χ2v) is 7.52. The van der Waals surface area contributed by atoms with Crippen molar-refractivity contribution in [3.8, 4) is 0 Å². The van der Waals surface area contributed by atoms with Crippen molar-refractivity contribution >= 4 is 45.0 Å². The van der Waals surface area contributed by atoms with Crippen molar-refractivity contribution in [3.05, 3.63) is 112 Å². The maximum Gasteiger partial charge on any atom is 0.259 e. The van der Waals surface area contributed by atoms with Gasteiger partial charge in [-0.05, 0) is 57.1 Å². The van der Waals surface area contributed by atoms with E-state index in [4.69, 9.17) is 0 Å². The Morgan fingerprint density at radius 3 is 2.22 bits per heavy atom. The van der Waals surface area contributed by atoms with Crippen LogP contribution in [0, 0.1) is 3.57 Å². The van der Waals surface area contributed by atoms with E-state index in [9.17, 15) is 4.79 Å². The van der Waals surface area contributed by atoms with Gasteiger partial charge in [0.2, 0.25) is 0 Å². The number of fused-ring (bicyclic) bond motifs is 1. The largest absolute Gasteiger partial charge is 0.303 e. The van der Waals surface area contributed by atoms with Crippen molar-refractivity contribution in [1.82, 2.24) is 0 Å². The molecule has 1 amide bonds. The van der Waals surface area contributed by atoms with Crippen LogP contribution in [0.2, 0.25) is 0 Å². The zero-order valence-corrected chi connectivity index (χ0v) is 16.8. The van der Waals surface area contributed by atoms with Gasteiger partial charge in [-0.25, -0.2) is 0 Å². The minimum atomic E-state index is 0.0137. The van der Waals surface area contributed by atoms with Crippen molar-refractivity contribution < 1.29 is 4.79 Å². The second kappa shape index (κ2) is 7.92. The molecule has 0 aliphatic rings. The van der Waals surface area contributed by atoms with Gasteiger partial charge in [0.15, 0.2) is 0 Å². The van der Waals surface area contributed by atoms with Crippen molar-refractivity contribution in [1.29, 1.82) is 0 Å². The molecule has 0 aliphatic carbocycles. The van der Waals surface area contributed by atoms with Gasteiger partial charge in [-0.15, -0.1) is 0 Å². The van der Waals surface area contributed by atoms with Crippen LogP contribution in [-0.4, -0.2) is 5.91 Å². The molecular formula is C24H18INO. The third-order valence-corrected chi connectivity index (χ3v) is 5.50. The summed E-state index contributed by atoms with van der Waals surface area (Å²) in [5.41, 5.74) is 2.76. The zero-order chi connectivity index (χ0) is 18.6. The number of para-hydroxylation sites is 1. The van der Waals surface area contributed by atoms with Crippen molar-refractivity contribution in [2.24, 2.45) is 0 Å². The van der Waals surface area contributed by atoms with Gasteiger partial charge in [-0.1, -0.05) is 78.9 Å². The number of amides is 1. The number of carbonyl (C=O) groups excluding carboxylic acids is 1. The lowest BCUT2D eigenvalue weighted by Crippen LogP contribution is -2.31. The number of carbonyl (C=O) groups is 1. The summed E-state index contributed by atoms with van der Waals surface area (Å²) in [6.45, 7) is 0.531. The van der Waals surface area contributed by atoms with E-state index in [0.717, 1.165) is 31.2 Å². The van der Waals surface area contributed by atoms with E-state index in [1.165, 1.54) is 0 Å². The minimum Gasteiger partial charge on any atom is -0.303 e. The highest BCUT2D eigenvalue weighted by atomic mass is 127. The number of nitrogens with zero attached hydrogens (tertiary/aromatic N) is 1. The summed E-state index contributed by atoms with van der Waals surface area (Å²) in [4.78, 5) is 15.5. The van der Waals surface area contributed by atoms with Gasteiger partial charge in [0, 0.05) is 9.13 Å². The van der Waals surface area contributed by atoms with Crippen LogP contribution in [0.1, 0.15) is 15.9 Å². The fourth-order valence-corrected chi connectivity index (χ4v) is 3.94. The molecule has 0 unspecified atom stereocenters. The van der Waals surface area contributed by atoms with Crippen molar-refractivity contribution in [2.75, 3.05) is 4.90 Å². The third kappa shape index (κ3) is 3.74. The Balaban J connectivity index is 1.82. The van der Waals surface area contributed by atoms with Gasteiger partial charge in [0.1, 0.15) is 0 Å². The summed E-state index contributed by atoms with van der Waals surface area (Å²) in [7, 11) is 0. The van der Waals surface area contributed by atoms with E-state index >= 15 is 0 Å². The second-order valence-electron chi connectivity index (χ2n) is 6.36. The molecule has 4 rings (SSSR count).